The topological polar surface area (TPSA) is 109 Å². The predicted molar refractivity (Wildman–Crippen MR) is 168 cm³/mol. The molecule has 4 aliphatic rings. The average Bonchev–Trinajstić information content (AvgIpc) is 3.30. The Morgan fingerprint density at radius 2 is 1.47 bits per heavy atom. The molecule has 4 atom stereocenters. The highest BCUT2D eigenvalue weighted by atomic mass is 16.3. The monoisotopic (exact) mass is 597 g/mol. The van der Waals surface area contributed by atoms with Gasteiger partial charge in [0.05, 0.1) is 17.5 Å². The van der Waals surface area contributed by atoms with Gasteiger partial charge in [0.2, 0.25) is 11.8 Å². The molecule has 7 nitrogen and oxygen atoms in total. The average molecular weight is 598 g/mol. The van der Waals surface area contributed by atoms with E-state index in [0.29, 0.717) is 51.1 Å². The van der Waals surface area contributed by atoms with E-state index in [0.717, 1.165) is 11.1 Å². The molecule has 3 aromatic rings. The summed E-state index contributed by atoms with van der Waals surface area (Å²) in [7, 11) is 0. The summed E-state index contributed by atoms with van der Waals surface area (Å²) in [6, 6.07) is 19.1. The van der Waals surface area contributed by atoms with Crippen molar-refractivity contribution in [2.45, 2.75) is 39.5 Å². The fraction of sp³-hybridized carbons (Fsp3) is 0.237. The van der Waals surface area contributed by atoms with Gasteiger partial charge in [-0.05, 0) is 86.6 Å². The van der Waals surface area contributed by atoms with Crippen LogP contribution in [0.2, 0.25) is 0 Å². The minimum Gasteiger partial charge on any atom is -0.507 e. The number of ketones is 3. The second-order valence-corrected chi connectivity index (χ2v) is 12.5. The zero-order chi connectivity index (χ0) is 31.7. The first-order chi connectivity index (χ1) is 21.6. The van der Waals surface area contributed by atoms with Crippen LogP contribution in [0.1, 0.15) is 58.3 Å². The molecule has 1 saturated heterocycles. The van der Waals surface area contributed by atoms with Crippen molar-refractivity contribution in [1.29, 1.82) is 0 Å². The van der Waals surface area contributed by atoms with Gasteiger partial charge in [-0.3, -0.25) is 28.9 Å². The molecule has 2 amide bonds. The van der Waals surface area contributed by atoms with Crippen LogP contribution >= 0.6 is 0 Å². The molecule has 0 spiro atoms. The van der Waals surface area contributed by atoms with Crippen LogP contribution in [0.25, 0.3) is 0 Å². The molecule has 0 unspecified atom stereocenters. The molecule has 3 aliphatic carbocycles. The van der Waals surface area contributed by atoms with Crippen LogP contribution < -0.4 is 4.90 Å². The summed E-state index contributed by atoms with van der Waals surface area (Å²) < 4.78 is 0. The van der Waals surface area contributed by atoms with Gasteiger partial charge in [0.1, 0.15) is 5.75 Å². The molecular weight excluding hydrogens is 566 g/mol. The second kappa shape index (κ2) is 10.5. The molecule has 1 heterocycles. The maximum Gasteiger partial charge on any atom is 0.238 e. The van der Waals surface area contributed by atoms with Gasteiger partial charge >= 0.3 is 0 Å². The summed E-state index contributed by atoms with van der Waals surface area (Å²) in [5.41, 5.74) is 5.51. The molecule has 0 radical (unpaired) electrons. The number of aromatic hydroxyl groups is 1. The highest BCUT2D eigenvalue weighted by Crippen LogP contribution is 2.55. The minimum atomic E-state index is -0.700. The van der Waals surface area contributed by atoms with Crippen LogP contribution in [-0.2, 0) is 19.2 Å². The van der Waals surface area contributed by atoms with E-state index in [1.54, 1.807) is 69.3 Å². The van der Waals surface area contributed by atoms with Gasteiger partial charge in [-0.1, -0.05) is 54.1 Å². The van der Waals surface area contributed by atoms with E-state index in [-0.39, 0.29) is 41.3 Å². The fourth-order valence-corrected chi connectivity index (χ4v) is 7.67. The number of carbonyl (C=O) groups is 5. The number of carbonyl (C=O) groups excluding carboxylic acids is 5. The van der Waals surface area contributed by atoms with Crippen molar-refractivity contribution >= 4 is 34.9 Å². The summed E-state index contributed by atoms with van der Waals surface area (Å²) in [6.45, 7) is 5.23. The Bertz CT molecular complexity index is 1920. The number of aryl methyl sites for hydroxylation is 2. The lowest BCUT2D eigenvalue weighted by Crippen LogP contribution is -2.39. The number of phenols is 1. The number of allylic oxidation sites excluding steroid dienone is 6. The number of rotatable bonds is 4. The first-order valence-corrected chi connectivity index (χ1v) is 15.1. The molecular formula is C38H31NO6. The van der Waals surface area contributed by atoms with E-state index in [9.17, 15) is 29.1 Å². The minimum absolute atomic E-state index is 0.156. The van der Waals surface area contributed by atoms with Gasteiger partial charge in [0, 0.05) is 33.8 Å². The second-order valence-electron chi connectivity index (χ2n) is 12.5. The Labute approximate surface area is 260 Å². The Balaban J connectivity index is 1.27. The number of phenolic OH excluding ortho intramolecular Hbond substituents is 1. The van der Waals surface area contributed by atoms with Crippen LogP contribution in [-0.4, -0.2) is 34.3 Å². The number of hydrogen-bond acceptors (Lipinski definition) is 6. The number of nitrogens with zero attached hydrogens (tertiary/aromatic N) is 1. The molecule has 1 fully saturated rings. The predicted octanol–water partition coefficient (Wildman–Crippen LogP) is 5.87. The van der Waals surface area contributed by atoms with Crippen molar-refractivity contribution in [3.8, 4) is 5.75 Å². The lowest BCUT2D eigenvalue weighted by atomic mass is 9.59. The van der Waals surface area contributed by atoms with E-state index < -0.39 is 23.7 Å². The Morgan fingerprint density at radius 1 is 0.822 bits per heavy atom. The smallest absolute Gasteiger partial charge is 0.238 e. The van der Waals surface area contributed by atoms with E-state index >= 15 is 0 Å². The summed E-state index contributed by atoms with van der Waals surface area (Å²) in [5, 5.41) is 10.5. The van der Waals surface area contributed by atoms with E-state index in [1.165, 1.54) is 11.0 Å². The third-order valence-electron chi connectivity index (χ3n) is 9.84. The van der Waals surface area contributed by atoms with Crippen molar-refractivity contribution in [1.82, 2.24) is 0 Å². The number of Topliss-reactive ketones (excluding diaryl/α,β-unsaturated/α-hetero) is 1. The normalized spacial score (nSPS) is 24.2. The number of amides is 2. The Morgan fingerprint density at radius 3 is 2.13 bits per heavy atom. The van der Waals surface area contributed by atoms with Gasteiger partial charge < -0.3 is 5.11 Å². The molecule has 1 aliphatic heterocycles. The summed E-state index contributed by atoms with van der Waals surface area (Å²) in [4.78, 5) is 69.2. The van der Waals surface area contributed by atoms with Gasteiger partial charge in [-0.15, -0.1) is 0 Å². The third-order valence-corrected chi connectivity index (χ3v) is 9.84. The molecule has 3 aromatic carbocycles. The number of hydrogen-bond donors (Lipinski definition) is 1. The Kier molecular flexibility index (Phi) is 6.66. The number of benzene rings is 3. The van der Waals surface area contributed by atoms with Crippen molar-refractivity contribution in [3.63, 3.8) is 0 Å². The van der Waals surface area contributed by atoms with Crippen LogP contribution in [0.3, 0.4) is 0 Å². The summed E-state index contributed by atoms with van der Waals surface area (Å²) >= 11 is 0. The zero-order valence-corrected chi connectivity index (χ0v) is 25.2. The molecule has 224 valence electrons. The quantitative estimate of drug-likeness (QED) is 0.174. The van der Waals surface area contributed by atoms with Crippen molar-refractivity contribution in [3.05, 3.63) is 129 Å². The molecule has 7 rings (SSSR count). The van der Waals surface area contributed by atoms with Crippen LogP contribution in [0.15, 0.2) is 101 Å². The first kappa shape index (κ1) is 28.6. The van der Waals surface area contributed by atoms with Gasteiger partial charge in [-0.25, -0.2) is 0 Å². The maximum absolute atomic E-state index is 14.2. The van der Waals surface area contributed by atoms with Gasteiger partial charge in [0.15, 0.2) is 17.3 Å². The van der Waals surface area contributed by atoms with Crippen molar-refractivity contribution in [2.75, 3.05) is 4.90 Å². The standard InChI is InChI=1S/C38H31NO6/c1-19-15-24(16-20(2)34(19)41)31-26-13-14-27-32(28(26)18-29-30(40)17-21(3)35(42)33(29)31)38(45)39(37(27)44)25-11-9-23(10-12-25)36(43)22-7-5-4-6-8-22/h4-13,15-17,27-28,31-32,41H,14,18H2,1-3H3/t27-,28+,31-,32-/m0/s1. The van der Waals surface area contributed by atoms with Crippen molar-refractivity contribution < 1.29 is 29.1 Å². The molecule has 0 aromatic heterocycles. The van der Waals surface area contributed by atoms with E-state index in [2.05, 4.69) is 0 Å². The highest BCUT2D eigenvalue weighted by molar-refractivity contribution is 6.25. The molecule has 0 saturated carbocycles. The van der Waals surface area contributed by atoms with Crippen LogP contribution in [0.5, 0.6) is 5.75 Å². The SMILES string of the molecule is CC1=CC(=O)C2=C(C1=O)[C@@H](c1cc(C)c(O)c(C)c1)C1=CC[C@@H]3C(=O)N(c4ccc(C(=O)c5ccccc5)cc4)C(=O)[C@@H]3[C@@H]1C2. The zero-order valence-electron chi connectivity index (χ0n) is 25.2. The largest absolute Gasteiger partial charge is 0.507 e. The molecule has 1 N–H and O–H groups in total. The van der Waals surface area contributed by atoms with Gasteiger partial charge in [0.25, 0.3) is 0 Å². The maximum atomic E-state index is 14.2. The fourth-order valence-electron chi connectivity index (χ4n) is 7.67. The number of anilines is 1. The van der Waals surface area contributed by atoms with Crippen LogP contribution in [0.4, 0.5) is 5.69 Å². The lowest BCUT2D eigenvalue weighted by Gasteiger charge is -2.42. The lowest BCUT2D eigenvalue weighted by molar-refractivity contribution is -0.123. The third kappa shape index (κ3) is 4.37. The summed E-state index contributed by atoms with van der Waals surface area (Å²) in [6.07, 6.45) is 3.88. The van der Waals surface area contributed by atoms with Gasteiger partial charge in [-0.2, -0.15) is 0 Å². The van der Waals surface area contributed by atoms with E-state index in [1.807, 2.05) is 24.3 Å². The number of imide groups is 1. The summed E-state index contributed by atoms with van der Waals surface area (Å²) in [5.74, 6) is -3.40. The van der Waals surface area contributed by atoms with Crippen LogP contribution in [0, 0.1) is 31.6 Å². The highest BCUT2D eigenvalue weighted by Gasteiger charge is 2.56. The Hall–Kier alpha value is -5.17. The molecule has 45 heavy (non-hydrogen) atoms. The molecule has 7 heteroatoms. The van der Waals surface area contributed by atoms with Crippen molar-refractivity contribution in [2.24, 2.45) is 17.8 Å². The molecule has 0 bridgehead atoms. The van der Waals surface area contributed by atoms with E-state index in [4.69, 9.17) is 0 Å². The number of fused-ring (bicyclic) bond motifs is 3. The first-order valence-electron chi connectivity index (χ1n) is 15.1.